The summed E-state index contributed by atoms with van der Waals surface area (Å²) in [5.41, 5.74) is 5.87. The van der Waals surface area contributed by atoms with E-state index in [2.05, 4.69) is 47.9 Å². The van der Waals surface area contributed by atoms with Crippen LogP contribution >= 0.6 is 24.0 Å². The zero-order chi connectivity index (χ0) is 14.3. The molecule has 0 aromatic rings. The van der Waals surface area contributed by atoms with E-state index in [1.165, 1.54) is 26.2 Å². The Labute approximate surface area is 141 Å². The first kappa shape index (κ1) is 19.9. The number of nitrogens with zero attached hydrogens (tertiary/aromatic N) is 3. The van der Waals surface area contributed by atoms with Crippen LogP contribution in [-0.2, 0) is 0 Å². The van der Waals surface area contributed by atoms with Gasteiger partial charge in [-0.3, -0.25) is 4.99 Å². The molecule has 0 spiro atoms. The van der Waals surface area contributed by atoms with Gasteiger partial charge >= 0.3 is 0 Å². The van der Waals surface area contributed by atoms with Crippen LogP contribution in [0.25, 0.3) is 0 Å². The summed E-state index contributed by atoms with van der Waals surface area (Å²) in [5, 5.41) is 3.20. The lowest BCUT2D eigenvalue weighted by Crippen LogP contribution is -2.46. The molecule has 2 atom stereocenters. The Morgan fingerprint density at radius 1 is 1.25 bits per heavy atom. The van der Waals surface area contributed by atoms with Crippen LogP contribution in [0.1, 0.15) is 27.2 Å². The van der Waals surface area contributed by atoms with E-state index in [4.69, 9.17) is 5.73 Å². The normalized spacial score (nSPS) is 21.1. The first-order valence-electron chi connectivity index (χ1n) is 7.48. The van der Waals surface area contributed by atoms with Crippen LogP contribution in [0.3, 0.4) is 0 Å². The Morgan fingerprint density at radius 3 is 2.40 bits per heavy atom. The van der Waals surface area contributed by atoms with Gasteiger partial charge < -0.3 is 20.9 Å². The van der Waals surface area contributed by atoms with Crippen molar-refractivity contribution in [2.24, 2.45) is 16.6 Å². The fourth-order valence-corrected chi connectivity index (χ4v) is 2.18. The second-order valence-electron chi connectivity index (χ2n) is 5.89. The Bertz CT molecular complexity index is 277. The molecular formula is C14H32IN5. The van der Waals surface area contributed by atoms with Gasteiger partial charge in [-0.1, -0.05) is 13.8 Å². The molecule has 5 nitrogen and oxygen atoms in total. The SMILES string of the molecule is CCC(C)NC(N)=NCC(C)CN1CCN(C)CC1.I. The summed E-state index contributed by atoms with van der Waals surface area (Å²) >= 11 is 0. The van der Waals surface area contributed by atoms with Gasteiger partial charge in [-0.05, 0) is 26.3 Å². The van der Waals surface area contributed by atoms with Crippen LogP contribution in [0.15, 0.2) is 4.99 Å². The van der Waals surface area contributed by atoms with E-state index in [0.717, 1.165) is 19.5 Å². The number of nitrogens with one attached hydrogen (secondary N) is 1. The first-order chi connectivity index (χ1) is 9.01. The third-order valence-corrected chi connectivity index (χ3v) is 3.75. The summed E-state index contributed by atoms with van der Waals surface area (Å²) in [6.07, 6.45) is 1.06. The number of nitrogens with two attached hydrogens (primary N) is 1. The first-order valence-corrected chi connectivity index (χ1v) is 7.48. The second-order valence-corrected chi connectivity index (χ2v) is 5.89. The predicted octanol–water partition coefficient (Wildman–Crippen LogP) is 1.19. The Hall–Kier alpha value is -0.0800. The molecule has 1 heterocycles. The highest BCUT2D eigenvalue weighted by molar-refractivity contribution is 14.0. The molecule has 1 saturated heterocycles. The van der Waals surface area contributed by atoms with E-state index < -0.39 is 0 Å². The summed E-state index contributed by atoms with van der Waals surface area (Å²) in [6, 6.07) is 0.400. The van der Waals surface area contributed by atoms with Crippen molar-refractivity contribution >= 4 is 29.9 Å². The van der Waals surface area contributed by atoms with E-state index in [1.54, 1.807) is 0 Å². The quantitative estimate of drug-likeness (QED) is 0.402. The van der Waals surface area contributed by atoms with Gasteiger partial charge in [-0.15, -0.1) is 24.0 Å². The minimum Gasteiger partial charge on any atom is -0.370 e. The fraction of sp³-hybridized carbons (Fsp3) is 0.929. The molecular weight excluding hydrogens is 365 g/mol. The summed E-state index contributed by atoms with van der Waals surface area (Å²) in [6.45, 7) is 13.1. The summed E-state index contributed by atoms with van der Waals surface area (Å²) in [7, 11) is 2.19. The molecule has 0 bridgehead atoms. The molecule has 0 radical (unpaired) electrons. The smallest absolute Gasteiger partial charge is 0.188 e. The Morgan fingerprint density at radius 2 is 1.85 bits per heavy atom. The number of rotatable bonds is 6. The minimum atomic E-state index is 0. The standard InChI is InChI=1S/C14H31N5.HI/c1-5-13(3)17-14(15)16-10-12(2)11-19-8-6-18(4)7-9-19;/h12-13H,5-11H2,1-4H3,(H3,15,16,17);1H. The number of hydrogen-bond acceptors (Lipinski definition) is 3. The molecule has 20 heavy (non-hydrogen) atoms. The lowest BCUT2D eigenvalue weighted by Gasteiger charge is -2.33. The largest absolute Gasteiger partial charge is 0.370 e. The van der Waals surface area contributed by atoms with E-state index >= 15 is 0 Å². The average molecular weight is 397 g/mol. The van der Waals surface area contributed by atoms with E-state index in [1.807, 2.05) is 0 Å². The molecule has 1 aliphatic rings. The highest BCUT2D eigenvalue weighted by Gasteiger charge is 2.15. The van der Waals surface area contributed by atoms with Gasteiger partial charge in [0.05, 0.1) is 0 Å². The molecule has 2 unspecified atom stereocenters. The number of likely N-dealkylation sites (N-methyl/N-ethyl adjacent to an activating group) is 1. The molecule has 1 fully saturated rings. The zero-order valence-electron chi connectivity index (χ0n) is 13.4. The average Bonchev–Trinajstić information content (AvgIpc) is 2.39. The number of aliphatic imine (C=N–C) groups is 1. The van der Waals surface area contributed by atoms with Crippen molar-refractivity contribution in [3.05, 3.63) is 0 Å². The van der Waals surface area contributed by atoms with Crippen LogP contribution in [0.5, 0.6) is 0 Å². The number of piperazine rings is 1. The van der Waals surface area contributed by atoms with Crippen molar-refractivity contribution < 1.29 is 0 Å². The third-order valence-electron chi connectivity index (χ3n) is 3.75. The second kappa shape index (κ2) is 10.6. The monoisotopic (exact) mass is 397 g/mol. The number of halogens is 1. The van der Waals surface area contributed by atoms with Gasteiger partial charge in [0.1, 0.15) is 0 Å². The van der Waals surface area contributed by atoms with Crippen molar-refractivity contribution in [3.8, 4) is 0 Å². The van der Waals surface area contributed by atoms with Gasteiger partial charge in [0, 0.05) is 45.3 Å². The van der Waals surface area contributed by atoms with Gasteiger partial charge in [0.15, 0.2) is 5.96 Å². The van der Waals surface area contributed by atoms with E-state index in [-0.39, 0.29) is 24.0 Å². The predicted molar refractivity (Wildman–Crippen MR) is 97.9 cm³/mol. The topological polar surface area (TPSA) is 56.9 Å². The molecule has 0 aliphatic carbocycles. The van der Waals surface area contributed by atoms with Gasteiger partial charge in [-0.25, -0.2) is 0 Å². The zero-order valence-corrected chi connectivity index (χ0v) is 15.8. The van der Waals surface area contributed by atoms with Crippen LogP contribution in [0, 0.1) is 5.92 Å². The summed E-state index contributed by atoms with van der Waals surface area (Å²) in [4.78, 5) is 9.35. The molecule has 1 aliphatic heterocycles. The van der Waals surface area contributed by atoms with Crippen molar-refractivity contribution in [3.63, 3.8) is 0 Å². The summed E-state index contributed by atoms with van der Waals surface area (Å²) in [5.74, 6) is 1.14. The van der Waals surface area contributed by atoms with E-state index in [0.29, 0.717) is 17.9 Å². The Kier molecular flexibility index (Phi) is 10.6. The van der Waals surface area contributed by atoms with Gasteiger partial charge in [0.2, 0.25) is 0 Å². The van der Waals surface area contributed by atoms with Crippen LogP contribution in [0.4, 0.5) is 0 Å². The molecule has 0 saturated carbocycles. The highest BCUT2D eigenvalue weighted by Crippen LogP contribution is 2.04. The van der Waals surface area contributed by atoms with Crippen molar-refractivity contribution in [1.29, 1.82) is 0 Å². The van der Waals surface area contributed by atoms with Crippen LogP contribution < -0.4 is 11.1 Å². The molecule has 1 rings (SSSR count). The van der Waals surface area contributed by atoms with Crippen molar-refractivity contribution in [2.45, 2.75) is 33.2 Å². The molecule has 6 heteroatoms. The maximum atomic E-state index is 5.87. The number of hydrogen-bond donors (Lipinski definition) is 2. The maximum absolute atomic E-state index is 5.87. The molecule has 0 amide bonds. The molecule has 3 N–H and O–H groups in total. The maximum Gasteiger partial charge on any atom is 0.188 e. The van der Waals surface area contributed by atoms with Crippen molar-refractivity contribution in [1.82, 2.24) is 15.1 Å². The molecule has 0 aromatic heterocycles. The molecule has 120 valence electrons. The van der Waals surface area contributed by atoms with E-state index in [9.17, 15) is 0 Å². The van der Waals surface area contributed by atoms with Gasteiger partial charge in [-0.2, -0.15) is 0 Å². The van der Waals surface area contributed by atoms with Crippen LogP contribution in [-0.4, -0.2) is 68.1 Å². The number of guanidine groups is 1. The fourth-order valence-electron chi connectivity index (χ4n) is 2.18. The summed E-state index contributed by atoms with van der Waals surface area (Å²) < 4.78 is 0. The Balaban J connectivity index is 0.00000361. The lowest BCUT2D eigenvalue weighted by molar-refractivity contribution is 0.140. The molecule has 0 aromatic carbocycles. The lowest BCUT2D eigenvalue weighted by atomic mass is 10.1. The van der Waals surface area contributed by atoms with Gasteiger partial charge in [0.25, 0.3) is 0 Å². The minimum absolute atomic E-state index is 0. The third kappa shape index (κ3) is 8.26. The highest BCUT2D eigenvalue weighted by atomic mass is 127. The van der Waals surface area contributed by atoms with Crippen LogP contribution in [0.2, 0.25) is 0 Å². The van der Waals surface area contributed by atoms with Crippen molar-refractivity contribution in [2.75, 3.05) is 46.3 Å².